The molecular weight excluding hydrogens is 514 g/mol. The second-order valence-corrected chi connectivity index (χ2v) is 10.0. The second kappa shape index (κ2) is 13.3. The summed E-state index contributed by atoms with van der Waals surface area (Å²) >= 11 is 0. The molecule has 2 saturated heterocycles. The minimum Gasteiger partial charge on any atom is -0.457 e. The SMILES string of the molecule is C=NC(=N)C(=C(NC)NCC1CCN(C(=O)/C=C/CN2CC(F)(F)C2)CC1)c1ccc(Oc2ccccc2)cc1. The predicted octanol–water partition coefficient (Wildman–Crippen LogP) is 4.38. The minimum atomic E-state index is -2.60. The van der Waals surface area contributed by atoms with E-state index in [0.29, 0.717) is 49.2 Å². The monoisotopic (exact) mass is 550 g/mol. The maximum absolute atomic E-state index is 12.9. The number of hydrogen-bond donors (Lipinski definition) is 3. The lowest BCUT2D eigenvalue weighted by Crippen LogP contribution is -2.55. The molecule has 0 aliphatic carbocycles. The van der Waals surface area contributed by atoms with Gasteiger partial charge in [-0.2, -0.15) is 0 Å². The van der Waals surface area contributed by atoms with Crippen molar-refractivity contribution in [2.75, 3.05) is 46.3 Å². The number of aliphatic imine (C=N–C) groups is 1. The van der Waals surface area contributed by atoms with Gasteiger partial charge in [-0.05, 0) is 55.3 Å². The molecule has 0 spiro atoms. The summed E-state index contributed by atoms with van der Waals surface area (Å²) in [6, 6.07) is 17.0. The fourth-order valence-corrected chi connectivity index (χ4v) is 4.84. The highest BCUT2D eigenvalue weighted by Crippen LogP contribution is 2.27. The third kappa shape index (κ3) is 7.75. The van der Waals surface area contributed by atoms with E-state index in [-0.39, 0.29) is 24.8 Å². The van der Waals surface area contributed by atoms with E-state index in [1.54, 1.807) is 22.9 Å². The zero-order valence-electron chi connectivity index (χ0n) is 22.7. The number of nitrogens with one attached hydrogen (secondary N) is 3. The van der Waals surface area contributed by atoms with E-state index in [0.717, 1.165) is 24.2 Å². The number of rotatable bonds is 11. The molecule has 0 bridgehead atoms. The number of carbonyl (C=O) groups excluding carboxylic acids is 1. The first-order valence-corrected chi connectivity index (χ1v) is 13.4. The van der Waals surface area contributed by atoms with Gasteiger partial charge >= 0.3 is 0 Å². The maximum Gasteiger partial charge on any atom is 0.272 e. The van der Waals surface area contributed by atoms with Crippen LogP contribution in [0.1, 0.15) is 18.4 Å². The maximum atomic E-state index is 12.9. The van der Waals surface area contributed by atoms with Crippen molar-refractivity contribution in [3.8, 4) is 11.5 Å². The van der Waals surface area contributed by atoms with Crippen LogP contribution in [0.15, 0.2) is 77.6 Å². The third-order valence-electron chi connectivity index (χ3n) is 7.04. The molecule has 2 aromatic carbocycles. The van der Waals surface area contributed by atoms with Crippen molar-refractivity contribution in [2.24, 2.45) is 10.9 Å². The van der Waals surface area contributed by atoms with Crippen molar-refractivity contribution in [2.45, 2.75) is 18.8 Å². The number of carbonyl (C=O) groups is 1. The van der Waals surface area contributed by atoms with Gasteiger partial charge in [-0.15, -0.1) is 0 Å². The average Bonchev–Trinajstić information content (AvgIpc) is 2.95. The first-order chi connectivity index (χ1) is 19.3. The van der Waals surface area contributed by atoms with Gasteiger partial charge in [0.15, 0.2) is 5.84 Å². The van der Waals surface area contributed by atoms with Crippen molar-refractivity contribution in [1.29, 1.82) is 5.41 Å². The molecule has 2 heterocycles. The van der Waals surface area contributed by atoms with Gasteiger partial charge in [0.25, 0.3) is 5.92 Å². The molecule has 2 aliphatic rings. The lowest BCUT2D eigenvalue weighted by Gasteiger charge is -2.37. The Kier molecular flexibility index (Phi) is 9.65. The molecule has 8 nitrogen and oxygen atoms in total. The highest BCUT2D eigenvalue weighted by atomic mass is 19.3. The lowest BCUT2D eigenvalue weighted by atomic mass is 9.96. The molecule has 2 aromatic rings. The molecular formula is C30H36F2N6O2. The Balaban J connectivity index is 1.31. The van der Waals surface area contributed by atoms with Crippen LogP contribution in [-0.2, 0) is 4.79 Å². The molecule has 3 N–H and O–H groups in total. The van der Waals surface area contributed by atoms with Crippen LogP contribution in [0.3, 0.4) is 0 Å². The summed E-state index contributed by atoms with van der Waals surface area (Å²) in [5.74, 6) is -0.191. The van der Waals surface area contributed by atoms with E-state index in [9.17, 15) is 13.6 Å². The zero-order valence-corrected chi connectivity index (χ0v) is 22.7. The normalized spacial score (nSPS) is 18.0. The number of ether oxygens (including phenoxy) is 1. The summed E-state index contributed by atoms with van der Waals surface area (Å²) in [7, 11) is 1.79. The van der Waals surface area contributed by atoms with Crippen molar-refractivity contribution in [3.63, 3.8) is 0 Å². The summed E-state index contributed by atoms with van der Waals surface area (Å²) in [5.41, 5.74) is 1.39. The van der Waals surface area contributed by atoms with Crippen molar-refractivity contribution in [1.82, 2.24) is 20.4 Å². The fraction of sp³-hybridized carbons (Fsp3) is 0.367. The molecule has 212 valence electrons. The highest BCUT2D eigenvalue weighted by Gasteiger charge is 2.42. The van der Waals surface area contributed by atoms with E-state index in [1.807, 2.05) is 54.6 Å². The third-order valence-corrected chi connectivity index (χ3v) is 7.04. The van der Waals surface area contributed by atoms with Gasteiger partial charge in [-0.3, -0.25) is 15.1 Å². The molecule has 0 unspecified atom stereocenters. The molecule has 0 atom stereocenters. The minimum absolute atomic E-state index is 0.0442. The van der Waals surface area contributed by atoms with Crippen LogP contribution in [0.5, 0.6) is 11.5 Å². The number of hydrogen-bond acceptors (Lipinski definition) is 6. The zero-order chi connectivity index (χ0) is 28.5. The molecule has 2 fully saturated rings. The topological polar surface area (TPSA) is 93.1 Å². The molecule has 10 heteroatoms. The number of amides is 1. The van der Waals surface area contributed by atoms with Gasteiger partial charge in [0.05, 0.1) is 18.7 Å². The van der Waals surface area contributed by atoms with Crippen molar-refractivity contribution < 1.29 is 18.3 Å². The summed E-state index contributed by atoms with van der Waals surface area (Å²) < 4.78 is 31.8. The van der Waals surface area contributed by atoms with Crippen LogP contribution < -0.4 is 15.4 Å². The number of halogens is 2. The smallest absolute Gasteiger partial charge is 0.272 e. The van der Waals surface area contributed by atoms with Gasteiger partial charge in [0.1, 0.15) is 17.3 Å². The van der Waals surface area contributed by atoms with Crippen LogP contribution >= 0.6 is 0 Å². The summed E-state index contributed by atoms with van der Waals surface area (Å²) in [4.78, 5) is 19.8. The molecule has 40 heavy (non-hydrogen) atoms. The van der Waals surface area contributed by atoms with Gasteiger partial charge in [0, 0.05) is 39.3 Å². The van der Waals surface area contributed by atoms with Crippen LogP contribution in [0.25, 0.3) is 5.57 Å². The van der Waals surface area contributed by atoms with E-state index in [1.165, 1.54) is 6.08 Å². The number of alkyl halides is 2. The molecule has 0 saturated carbocycles. The standard InChI is InChI=1S/C30H36F2N6O2/c1-34-28(33)27(23-10-12-25(13-11-23)40-24-7-4-3-5-8-24)29(35-2)36-19-22-14-17-38(18-15-22)26(39)9-6-16-37-20-30(31,32)21-37/h3-13,22,33,35-36H,1,14-21H2,2H3/b9-6+,29-27?,33-28?. The Bertz CT molecular complexity index is 1230. The Morgan fingerprint density at radius 3 is 2.38 bits per heavy atom. The van der Waals surface area contributed by atoms with Crippen LogP contribution in [0.4, 0.5) is 8.78 Å². The number of benzene rings is 2. The van der Waals surface area contributed by atoms with Crippen LogP contribution in [-0.4, -0.2) is 80.5 Å². The number of amidine groups is 1. The largest absolute Gasteiger partial charge is 0.457 e. The fourth-order valence-electron chi connectivity index (χ4n) is 4.84. The number of piperidine rings is 1. The molecule has 0 radical (unpaired) electrons. The lowest BCUT2D eigenvalue weighted by molar-refractivity contribution is -0.127. The molecule has 1 amide bonds. The quantitative estimate of drug-likeness (QED) is 0.219. The molecule has 2 aliphatic heterocycles. The first-order valence-electron chi connectivity index (χ1n) is 13.4. The van der Waals surface area contributed by atoms with Crippen molar-refractivity contribution >= 4 is 24.0 Å². The Morgan fingerprint density at radius 1 is 1.12 bits per heavy atom. The highest BCUT2D eigenvalue weighted by molar-refractivity contribution is 6.23. The van der Waals surface area contributed by atoms with Gasteiger partial charge < -0.3 is 20.3 Å². The summed E-state index contributed by atoms with van der Waals surface area (Å²) in [5, 5.41) is 15.0. The first kappa shape index (κ1) is 28.9. The second-order valence-electron chi connectivity index (χ2n) is 10.0. The van der Waals surface area contributed by atoms with E-state index in [4.69, 9.17) is 10.1 Å². The van der Waals surface area contributed by atoms with Crippen LogP contribution in [0, 0.1) is 11.3 Å². The Labute approximate surface area is 233 Å². The molecule has 0 aromatic heterocycles. The van der Waals surface area contributed by atoms with E-state index in [2.05, 4.69) is 22.3 Å². The Morgan fingerprint density at radius 2 is 1.77 bits per heavy atom. The summed E-state index contributed by atoms with van der Waals surface area (Å²) in [6.45, 7) is 5.36. The number of para-hydroxylation sites is 1. The summed E-state index contributed by atoms with van der Waals surface area (Å²) in [6.07, 6.45) is 4.83. The van der Waals surface area contributed by atoms with E-state index < -0.39 is 5.92 Å². The number of nitrogens with zero attached hydrogens (tertiary/aromatic N) is 3. The van der Waals surface area contributed by atoms with Crippen LogP contribution in [0.2, 0.25) is 0 Å². The van der Waals surface area contributed by atoms with Crippen molar-refractivity contribution in [3.05, 3.63) is 78.1 Å². The number of likely N-dealkylation sites (tertiary alicyclic amines) is 2. The van der Waals surface area contributed by atoms with Gasteiger partial charge in [-0.1, -0.05) is 36.4 Å². The van der Waals surface area contributed by atoms with Gasteiger partial charge in [-0.25, -0.2) is 13.8 Å². The predicted molar refractivity (Wildman–Crippen MR) is 154 cm³/mol. The Hall–Kier alpha value is -4.05. The molecule has 4 rings (SSSR count). The van der Waals surface area contributed by atoms with Gasteiger partial charge in [0.2, 0.25) is 5.91 Å². The average molecular weight is 551 g/mol. The van der Waals surface area contributed by atoms with E-state index >= 15 is 0 Å².